The Morgan fingerprint density at radius 3 is 2.30 bits per heavy atom. The molecule has 0 saturated carbocycles. The second-order valence-electron chi connectivity index (χ2n) is 11.1. The zero-order valence-corrected chi connectivity index (χ0v) is 24.6. The lowest BCUT2D eigenvalue weighted by molar-refractivity contribution is -0.207. The minimum absolute atomic E-state index is 0.0361. The summed E-state index contributed by atoms with van der Waals surface area (Å²) in [6.07, 6.45) is 2.19. The fourth-order valence-electron chi connectivity index (χ4n) is 5.49. The highest BCUT2D eigenvalue weighted by molar-refractivity contribution is 5.83. The van der Waals surface area contributed by atoms with Crippen molar-refractivity contribution in [3.05, 3.63) is 125 Å². The number of piperazine rings is 1. The van der Waals surface area contributed by atoms with Gasteiger partial charge in [-0.25, -0.2) is 13.5 Å². The average Bonchev–Trinajstić information content (AvgIpc) is 3.59. The number of anilines is 1. The predicted octanol–water partition coefficient (Wildman–Crippen LogP) is 4.41. The minimum Gasteiger partial charge on any atom is -0.377 e. The molecule has 1 aliphatic heterocycles. The molecule has 0 aliphatic carbocycles. The number of alkyl halides is 2. The highest BCUT2D eigenvalue weighted by Gasteiger charge is 2.58. The summed E-state index contributed by atoms with van der Waals surface area (Å²) in [4.78, 5) is 20.5. The van der Waals surface area contributed by atoms with Crippen LogP contribution in [0.25, 0.3) is 11.1 Å². The van der Waals surface area contributed by atoms with Crippen molar-refractivity contribution in [1.82, 2.24) is 30.1 Å². The molecule has 0 radical (unpaired) electrons. The highest BCUT2D eigenvalue weighted by atomic mass is 19.3. The first-order valence-corrected chi connectivity index (χ1v) is 14.4. The van der Waals surface area contributed by atoms with Gasteiger partial charge in [-0.3, -0.25) is 9.78 Å². The Labute approximate surface area is 266 Å². The van der Waals surface area contributed by atoms with E-state index in [1.165, 1.54) is 12.3 Å². The van der Waals surface area contributed by atoms with E-state index < -0.39 is 41.0 Å². The summed E-state index contributed by atoms with van der Waals surface area (Å²) in [6, 6.07) is 20.8. The largest absolute Gasteiger partial charge is 0.377 e. The van der Waals surface area contributed by atoms with E-state index in [0.717, 1.165) is 40.5 Å². The van der Waals surface area contributed by atoms with Crippen molar-refractivity contribution in [2.45, 2.75) is 24.6 Å². The van der Waals surface area contributed by atoms with Gasteiger partial charge < -0.3 is 14.9 Å². The first-order valence-electron chi connectivity index (χ1n) is 14.4. The fraction of sp³-hybridized carbons (Fsp3) is 0.212. The van der Waals surface area contributed by atoms with E-state index in [4.69, 9.17) is 5.26 Å². The van der Waals surface area contributed by atoms with Gasteiger partial charge in [-0.1, -0.05) is 30.3 Å². The van der Waals surface area contributed by atoms with E-state index in [9.17, 15) is 18.7 Å². The van der Waals surface area contributed by atoms with Gasteiger partial charge in [-0.15, -0.1) is 5.10 Å². The molecule has 3 aromatic carbocycles. The number of benzene rings is 3. The maximum atomic E-state index is 16.1. The van der Waals surface area contributed by atoms with Crippen molar-refractivity contribution in [3.63, 3.8) is 0 Å². The summed E-state index contributed by atoms with van der Waals surface area (Å²) in [5, 5.41) is 30.6. The lowest BCUT2D eigenvalue weighted by atomic mass is 9.84. The van der Waals surface area contributed by atoms with Gasteiger partial charge in [0.15, 0.2) is 5.60 Å². The number of pyridine rings is 1. The predicted molar refractivity (Wildman–Crippen MR) is 160 cm³/mol. The van der Waals surface area contributed by atoms with Gasteiger partial charge in [0.2, 0.25) is 5.91 Å². The van der Waals surface area contributed by atoms with Crippen molar-refractivity contribution in [3.8, 4) is 17.2 Å². The summed E-state index contributed by atoms with van der Waals surface area (Å²) >= 11 is 0. The van der Waals surface area contributed by atoms with E-state index in [-0.39, 0.29) is 12.5 Å². The van der Waals surface area contributed by atoms with Crippen LogP contribution in [0.4, 0.5) is 23.2 Å². The fourth-order valence-corrected chi connectivity index (χ4v) is 5.49. The van der Waals surface area contributed by atoms with E-state index in [2.05, 4.69) is 26.6 Å². The number of carbonyl (C=O) groups is 1. The first-order chi connectivity index (χ1) is 22.6. The van der Waals surface area contributed by atoms with Crippen molar-refractivity contribution in [2.24, 2.45) is 0 Å². The van der Waals surface area contributed by atoms with Crippen molar-refractivity contribution in [2.75, 3.05) is 24.5 Å². The zero-order chi connectivity index (χ0) is 33.2. The molecule has 14 heteroatoms. The molecule has 1 amide bonds. The molecule has 1 N–H and O–H groups in total. The Morgan fingerprint density at radius 2 is 1.68 bits per heavy atom. The van der Waals surface area contributed by atoms with E-state index in [0.29, 0.717) is 42.4 Å². The van der Waals surface area contributed by atoms with Crippen molar-refractivity contribution in [1.29, 1.82) is 5.26 Å². The molecule has 10 nitrogen and oxygen atoms in total. The maximum Gasteiger partial charge on any atom is 0.323 e. The number of amides is 1. The molecule has 0 bridgehead atoms. The Hall–Kier alpha value is -5.68. The van der Waals surface area contributed by atoms with Gasteiger partial charge in [0, 0.05) is 48.7 Å². The molecule has 1 fully saturated rings. The van der Waals surface area contributed by atoms with Crippen LogP contribution in [0.5, 0.6) is 0 Å². The smallest absolute Gasteiger partial charge is 0.323 e. The Bertz CT molecular complexity index is 1910. The molecule has 2 aromatic heterocycles. The van der Waals surface area contributed by atoms with Crippen molar-refractivity contribution >= 4 is 11.6 Å². The SMILES string of the molecule is N#Cc1ccc(N2CCN(Cc3ccc(-c4ccc(C(F)(F)[C@](O)(Cn5cnnn5)c5ccc(F)cc5F)nc4)cc3)C(=O)C2)cc1. The van der Waals surface area contributed by atoms with Crippen LogP contribution in [-0.2, 0) is 29.4 Å². The van der Waals surface area contributed by atoms with Gasteiger partial charge in [-0.05, 0) is 64.0 Å². The third-order valence-electron chi connectivity index (χ3n) is 8.10. The van der Waals surface area contributed by atoms with Crippen LogP contribution in [0.1, 0.15) is 22.4 Å². The van der Waals surface area contributed by atoms with E-state index in [1.807, 2.05) is 29.2 Å². The number of nitrogens with zero attached hydrogens (tertiary/aromatic N) is 8. The topological polar surface area (TPSA) is 124 Å². The molecule has 0 unspecified atom stereocenters. The molecule has 0 spiro atoms. The summed E-state index contributed by atoms with van der Waals surface area (Å²) in [5.74, 6) is -6.57. The van der Waals surface area contributed by atoms with Crippen LogP contribution >= 0.6 is 0 Å². The summed E-state index contributed by atoms with van der Waals surface area (Å²) in [7, 11) is 0. The number of nitriles is 1. The molecule has 1 saturated heterocycles. The molecule has 238 valence electrons. The minimum atomic E-state index is -4.17. The number of carbonyl (C=O) groups excluding carboxylic acids is 1. The number of aromatic nitrogens is 5. The second-order valence-corrected chi connectivity index (χ2v) is 11.1. The Balaban J connectivity index is 1.16. The molecule has 1 aliphatic rings. The molecular weight excluding hydrogens is 616 g/mol. The number of hydrogen-bond donors (Lipinski definition) is 1. The van der Waals surface area contributed by atoms with Crippen LogP contribution in [0.15, 0.2) is 91.4 Å². The van der Waals surface area contributed by atoms with Gasteiger partial charge in [0.05, 0.1) is 24.7 Å². The number of aliphatic hydroxyl groups is 1. The number of tetrazole rings is 1. The molecule has 47 heavy (non-hydrogen) atoms. The van der Waals surface area contributed by atoms with Crippen LogP contribution < -0.4 is 4.90 Å². The van der Waals surface area contributed by atoms with Crippen molar-refractivity contribution < 1.29 is 27.5 Å². The van der Waals surface area contributed by atoms with Crippen LogP contribution in [-0.4, -0.2) is 60.7 Å². The number of halogens is 4. The maximum absolute atomic E-state index is 16.1. The van der Waals surface area contributed by atoms with Crippen LogP contribution in [0.3, 0.4) is 0 Å². The lowest BCUT2D eigenvalue weighted by Crippen LogP contribution is -2.50. The zero-order valence-electron chi connectivity index (χ0n) is 24.6. The first kappa shape index (κ1) is 31.3. The van der Waals surface area contributed by atoms with Gasteiger partial charge >= 0.3 is 5.92 Å². The van der Waals surface area contributed by atoms with E-state index in [1.54, 1.807) is 29.2 Å². The van der Waals surface area contributed by atoms with Crippen LogP contribution in [0.2, 0.25) is 0 Å². The highest BCUT2D eigenvalue weighted by Crippen LogP contribution is 2.47. The van der Waals surface area contributed by atoms with Gasteiger partial charge in [0.25, 0.3) is 0 Å². The third kappa shape index (κ3) is 6.25. The second kappa shape index (κ2) is 12.6. The number of rotatable bonds is 9. The summed E-state index contributed by atoms with van der Waals surface area (Å²) < 4.78 is 61.3. The molecule has 1 atom stereocenters. The quantitative estimate of drug-likeness (QED) is 0.235. The van der Waals surface area contributed by atoms with Gasteiger partial charge in [-0.2, -0.15) is 14.0 Å². The summed E-state index contributed by atoms with van der Waals surface area (Å²) in [5.41, 5.74) is -1.47. The summed E-state index contributed by atoms with van der Waals surface area (Å²) in [6.45, 7) is 0.807. The Morgan fingerprint density at radius 1 is 0.936 bits per heavy atom. The number of hydrogen-bond acceptors (Lipinski definition) is 8. The lowest BCUT2D eigenvalue weighted by Gasteiger charge is -2.35. The standard InChI is InChI=1S/C33H26F4N8O2/c34-26-8-11-28(29(35)15-26)32(47,20-45-21-40-41-42-45)33(36,37)30-12-7-25(17-39-30)24-5-1-23(2-6-24)18-44-14-13-43(19-31(44)46)27-9-3-22(16-38)4-10-27/h1-12,15,17,21,47H,13-14,18-20H2/t32-/m0/s1. The monoisotopic (exact) mass is 642 g/mol. The molecular formula is C33H26F4N8O2. The third-order valence-corrected chi connectivity index (χ3v) is 8.10. The molecule has 5 aromatic rings. The average molecular weight is 643 g/mol. The normalized spacial score (nSPS) is 14.9. The molecule has 6 rings (SSSR count). The van der Waals surface area contributed by atoms with Gasteiger partial charge in [0.1, 0.15) is 23.7 Å². The Kier molecular flexibility index (Phi) is 8.40. The van der Waals surface area contributed by atoms with E-state index >= 15 is 8.78 Å². The van der Waals surface area contributed by atoms with Crippen LogP contribution in [0, 0.1) is 23.0 Å². The molecule has 3 heterocycles.